The lowest BCUT2D eigenvalue weighted by atomic mass is 10.3. The van der Waals surface area contributed by atoms with E-state index in [1.807, 2.05) is 6.92 Å². The summed E-state index contributed by atoms with van der Waals surface area (Å²) in [5.41, 5.74) is 0. The van der Waals surface area contributed by atoms with Crippen LogP contribution in [0.25, 0.3) is 0 Å². The van der Waals surface area contributed by atoms with Gasteiger partial charge in [0.05, 0.1) is 52.4 Å². The molecule has 0 fully saturated rings. The van der Waals surface area contributed by atoms with Crippen molar-refractivity contribution < 1.29 is 29.5 Å². The van der Waals surface area contributed by atoms with Gasteiger partial charge in [-0.3, -0.25) is 0 Å². The van der Waals surface area contributed by atoms with Gasteiger partial charge in [-0.1, -0.05) is 6.92 Å². The molecule has 1 atom stereocenters. The molecular weight excluding hydrogens is 240 g/mol. The molecule has 0 aliphatic carbocycles. The predicted octanol–water partition coefficient (Wildman–Crippen LogP) is -0.202. The summed E-state index contributed by atoms with van der Waals surface area (Å²) in [5.74, 6) is 0. The van der Waals surface area contributed by atoms with Gasteiger partial charge < -0.3 is 29.5 Å². The lowest BCUT2D eigenvalue weighted by molar-refractivity contribution is -0.0205. The minimum absolute atomic E-state index is 0.0278. The standard InChI is InChI=1S/C8H18O3.C4H10O3/c1-3-8(11-4-2)7-10-6-5-9;5-1-3-7-4-2-6/h8-9H,3-7H2,1-2H3;5-6H,1-4H2. The van der Waals surface area contributed by atoms with Crippen LogP contribution in [0.15, 0.2) is 0 Å². The Balaban J connectivity index is 0. The van der Waals surface area contributed by atoms with Crippen molar-refractivity contribution >= 4 is 0 Å². The van der Waals surface area contributed by atoms with Gasteiger partial charge in [0.15, 0.2) is 0 Å². The molecule has 0 saturated heterocycles. The maximum atomic E-state index is 8.42. The molecule has 6 nitrogen and oxygen atoms in total. The summed E-state index contributed by atoms with van der Waals surface area (Å²) in [7, 11) is 0. The van der Waals surface area contributed by atoms with E-state index in [4.69, 9.17) is 24.8 Å². The van der Waals surface area contributed by atoms with Crippen LogP contribution in [0.2, 0.25) is 0 Å². The van der Waals surface area contributed by atoms with Crippen molar-refractivity contribution in [3.63, 3.8) is 0 Å². The Bertz CT molecular complexity index is 130. The van der Waals surface area contributed by atoms with Crippen LogP contribution in [-0.4, -0.2) is 74.3 Å². The van der Waals surface area contributed by atoms with Crippen molar-refractivity contribution in [3.05, 3.63) is 0 Å². The van der Waals surface area contributed by atoms with Gasteiger partial charge in [0.1, 0.15) is 0 Å². The Labute approximate surface area is 109 Å². The minimum atomic E-state index is 0.0278. The van der Waals surface area contributed by atoms with Gasteiger partial charge in [0.25, 0.3) is 0 Å². The quantitative estimate of drug-likeness (QED) is 0.450. The molecule has 112 valence electrons. The van der Waals surface area contributed by atoms with Gasteiger partial charge in [-0.05, 0) is 13.3 Å². The molecular formula is C12H28O6. The number of rotatable bonds is 11. The molecule has 18 heavy (non-hydrogen) atoms. The Kier molecular flexibility index (Phi) is 21.3. The molecule has 0 aliphatic rings. The van der Waals surface area contributed by atoms with E-state index in [9.17, 15) is 0 Å². The number of aliphatic hydroxyl groups is 3. The second-order valence-corrected chi connectivity index (χ2v) is 3.34. The van der Waals surface area contributed by atoms with Crippen LogP contribution in [0.4, 0.5) is 0 Å². The Morgan fingerprint density at radius 1 is 0.833 bits per heavy atom. The van der Waals surface area contributed by atoms with Crippen LogP contribution in [0, 0.1) is 0 Å². The third-order valence-electron chi connectivity index (χ3n) is 1.87. The Hall–Kier alpha value is -0.240. The van der Waals surface area contributed by atoms with Crippen LogP contribution < -0.4 is 0 Å². The zero-order chi connectivity index (χ0) is 14.1. The topological polar surface area (TPSA) is 88.4 Å². The number of hydrogen-bond acceptors (Lipinski definition) is 6. The van der Waals surface area contributed by atoms with Crippen molar-refractivity contribution in [2.45, 2.75) is 26.4 Å². The molecule has 3 N–H and O–H groups in total. The van der Waals surface area contributed by atoms with Crippen molar-refractivity contribution in [2.24, 2.45) is 0 Å². The zero-order valence-electron chi connectivity index (χ0n) is 11.5. The van der Waals surface area contributed by atoms with Crippen molar-refractivity contribution in [1.82, 2.24) is 0 Å². The number of ether oxygens (including phenoxy) is 3. The minimum Gasteiger partial charge on any atom is -0.394 e. The van der Waals surface area contributed by atoms with Crippen molar-refractivity contribution in [3.8, 4) is 0 Å². The molecule has 1 unspecified atom stereocenters. The van der Waals surface area contributed by atoms with Gasteiger partial charge in [-0.15, -0.1) is 0 Å². The third-order valence-corrected chi connectivity index (χ3v) is 1.87. The normalized spacial score (nSPS) is 11.8. The second-order valence-electron chi connectivity index (χ2n) is 3.34. The van der Waals surface area contributed by atoms with Gasteiger partial charge in [0, 0.05) is 6.61 Å². The lowest BCUT2D eigenvalue weighted by Gasteiger charge is -2.14. The van der Waals surface area contributed by atoms with Crippen LogP contribution in [0.3, 0.4) is 0 Å². The molecule has 0 rings (SSSR count). The molecule has 0 heterocycles. The van der Waals surface area contributed by atoms with E-state index >= 15 is 0 Å². The monoisotopic (exact) mass is 268 g/mol. The fraction of sp³-hybridized carbons (Fsp3) is 1.00. The molecule has 0 bridgehead atoms. The van der Waals surface area contributed by atoms with E-state index in [0.717, 1.165) is 13.0 Å². The highest BCUT2D eigenvalue weighted by Crippen LogP contribution is 1.97. The highest BCUT2D eigenvalue weighted by atomic mass is 16.5. The average molecular weight is 268 g/mol. The molecule has 0 aromatic rings. The summed E-state index contributed by atoms with van der Waals surface area (Å²) in [6.45, 7) is 6.52. The van der Waals surface area contributed by atoms with Gasteiger partial charge in [-0.25, -0.2) is 0 Å². The number of aliphatic hydroxyl groups excluding tert-OH is 3. The summed E-state index contributed by atoms with van der Waals surface area (Å²) in [5, 5.41) is 24.6. The third kappa shape index (κ3) is 18.1. The first-order valence-electron chi connectivity index (χ1n) is 6.36. The Morgan fingerprint density at radius 2 is 1.33 bits per heavy atom. The molecule has 0 saturated carbocycles. The molecule has 0 aromatic carbocycles. The SMILES string of the molecule is CCOC(CC)COCCO.OCCOCCO. The highest BCUT2D eigenvalue weighted by molar-refractivity contribution is 4.51. The maximum absolute atomic E-state index is 8.42. The fourth-order valence-electron chi connectivity index (χ4n) is 1.03. The van der Waals surface area contributed by atoms with E-state index in [-0.39, 0.29) is 25.9 Å². The van der Waals surface area contributed by atoms with Gasteiger partial charge >= 0.3 is 0 Å². The van der Waals surface area contributed by atoms with E-state index in [0.29, 0.717) is 26.4 Å². The first-order valence-corrected chi connectivity index (χ1v) is 6.36. The summed E-state index contributed by atoms with van der Waals surface area (Å²) in [6, 6.07) is 0. The summed E-state index contributed by atoms with van der Waals surface area (Å²) < 4.78 is 15.1. The molecule has 0 aliphatic heterocycles. The predicted molar refractivity (Wildman–Crippen MR) is 68.6 cm³/mol. The Morgan fingerprint density at radius 3 is 1.72 bits per heavy atom. The van der Waals surface area contributed by atoms with Crippen LogP contribution in [0.5, 0.6) is 0 Å². The van der Waals surface area contributed by atoms with Gasteiger partial charge in [-0.2, -0.15) is 0 Å². The summed E-state index contributed by atoms with van der Waals surface area (Å²) in [6.07, 6.45) is 1.14. The number of hydrogen-bond donors (Lipinski definition) is 3. The lowest BCUT2D eigenvalue weighted by Crippen LogP contribution is -2.19. The van der Waals surface area contributed by atoms with Crippen LogP contribution in [0.1, 0.15) is 20.3 Å². The largest absolute Gasteiger partial charge is 0.394 e. The first-order chi connectivity index (χ1) is 8.76. The molecule has 0 amide bonds. The fourth-order valence-corrected chi connectivity index (χ4v) is 1.03. The zero-order valence-corrected chi connectivity index (χ0v) is 11.5. The van der Waals surface area contributed by atoms with Crippen molar-refractivity contribution in [1.29, 1.82) is 0 Å². The van der Waals surface area contributed by atoms with Crippen LogP contribution in [-0.2, 0) is 14.2 Å². The van der Waals surface area contributed by atoms with Gasteiger partial charge in [0.2, 0.25) is 0 Å². The molecule has 0 aromatic heterocycles. The van der Waals surface area contributed by atoms with E-state index < -0.39 is 0 Å². The van der Waals surface area contributed by atoms with E-state index in [2.05, 4.69) is 11.7 Å². The molecule has 0 radical (unpaired) electrons. The first kappa shape index (κ1) is 20.1. The van der Waals surface area contributed by atoms with Crippen molar-refractivity contribution in [2.75, 3.05) is 52.9 Å². The average Bonchev–Trinajstić information content (AvgIpc) is 2.39. The molecule has 6 heteroatoms. The smallest absolute Gasteiger partial charge is 0.0805 e. The molecule has 0 spiro atoms. The summed E-state index contributed by atoms with van der Waals surface area (Å²) in [4.78, 5) is 0. The van der Waals surface area contributed by atoms with Crippen LogP contribution >= 0.6 is 0 Å². The van der Waals surface area contributed by atoms with E-state index in [1.165, 1.54) is 0 Å². The second kappa shape index (κ2) is 19.1. The summed E-state index contributed by atoms with van der Waals surface area (Å²) >= 11 is 0. The maximum Gasteiger partial charge on any atom is 0.0805 e. The highest BCUT2D eigenvalue weighted by Gasteiger charge is 2.04. The van der Waals surface area contributed by atoms with E-state index in [1.54, 1.807) is 0 Å².